The van der Waals surface area contributed by atoms with Crippen molar-refractivity contribution in [2.24, 2.45) is 5.92 Å². The largest absolute Gasteiger partial charge is 0.444 e. The van der Waals surface area contributed by atoms with E-state index in [1.54, 1.807) is 41.5 Å². The van der Waals surface area contributed by atoms with E-state index in [0.29, 0.717) is 6.54 Å². The fourth-order valence-corrected chi connectivity index (χ4v) is 1.45. The van der Waals surface area contributed by atoms with Crippen LogP contribution in [0.2, 0.25) is 0 Å². The van der Waals surface area contributed by atoms with E-state index in [9.17, 15) is 14.7 Å². The number of ether oxygens (including phenoxy) is 1. The van der Waals surface area contributed by atoms with Crippen molar-refractivity contribution in [3.05, 3.63) is 0 Å². The Bertz CT molecular complexity index is 307. The maximum Gasteiger partial charge on any atom is 0.410 e. The maximum atomic E-state index is 11.9. The number of Topliss-reactive ketones (excluding diaryl/α,β-unsaturated/α-hetero) is 1. The van der Waals surface area contributed by atoms with Crippen LogP contribution in [0.25, 0.3) is 0 Å². The number of hydrogen-bond acceptors (Lipinski definition) is 4. The second-order valence-corrected chi connectivity index (χ2v) is 6.00. The van der Waals surface area contributed by atoms with Crippen LogP contribution in [0.15, 0.2) is 0 Å². The summed E-state index contributed by atoms with van der Waals surface area (Å²) in [6.07, 6.45) is -1.25. The first-order valence-corrected chi connectivity index (χ1v) is 6.75. The van der Waals surface area contributed by atoms with Crippen LogP contribution in [0.3, 0.4) is 0 Å². The molecular formula is C14H27NO4. The molecule has 0 aromatic rings. The molecule has 5 nitrogen and oxygen atoms in total. The summed E-state index contributed by atoms with van der Waals surface area (Å²) in [4.78, 5) is 24.8. The number of aliphatic hydroxyl groups excluding tert-OH is 1. The molecule has 19 heavy (non-hydrogen) atoms. The zero-order valence-electron chi connectivity index (χ0n) is 12.9. The lowest BCUT2D eigenvalue weighted by atomic mass is 10.0. The molecule has 0 aromatic carbocycles. The van der Waals surface area contributed by atoms with Gasteiger partial charge in [-0.15, -0.1) is 0 Å². The summed E-state index contributed by atoms with van der Waals surface area (Å²) >= 11 is 0. The Morgan fingerprint density at radius 3 is 2.16 bits per heavy atom. The molecule has 0 aliphatic rings. The van der Waals surface area contributed by atoms with Crippen LogP contribution < -0.4 is 0 Å². The van der Waals surface area contributed by atoms with Gasteiger partial charge in [-0.3, -0.25) is 4.79 Å². The molecule has 0 saturated heterocycles. The summed E-state index contributed by atoms with van der Waals surface area (Å²) in [5.74, 6) is -0.112. The molecule has 0 saturated carbocycles. The molecule has 0 fully saturated rings. The van der Waals surface area contributed by atoms with Gasteiger partial charge >= 0.3 is 6.09 Å². The third-order valence-corrected chi connectivity index (χ3v) is 2.55. The fourth-order valence-electron chi connectivity index (χ4n) is 1.45. The van der Waals surface area contributed by atoms with Gasteiger partial charge in [0.15, 0.2) is 0 Å². The topological polar surface area (TPSA) is 66.8 Å². The lowest BCUT2D eigenvalue weighted by Gasteiger charge is -2.28. The van der Waals surface area contributed by atoms with Crippen LogP contribution in [-0.4, -0.2) is 46.7 Å². The first-order valence-electron chi connectivity index (χ1n) is 6.75. The van der Waals surface area contributed by atoms with Gasteiger partial charge in [-0.05, 0) is 27.7 Å². The number of carbonyl (C=O) groups is 2. The van der Waals surface area contributed by atoms with Crippen LogP contribution in [0.5, 0.6) is 0 Å². The Balaban J connectivity index is 4.40. The smallest absolute Gasteiger partial charge is 0.410 e. The van der Waals surface area contributed by atoms with Crippen molar-refractivity contribution in [3.63, 3.8) is 0 Å². The molecule has 1 N–H and O–H groups in total. The third kappa shape index (κ3) is 7.82. The average molecular weight is 273 g/mol. The number of ketones is 1. The molecule has 0 spiro atoms. The van der Waals surface area contributed by atoms with Crippen LogP contribution in [0.4, 0.5) is 4.79 Å². The summed E-state index contributed by atoms with van der Waals surface area (Å²) in [5, 5.41) is 9.85. The molecule has 0 heterocycles. The van der Waals surface area contributed by atoms with E-state index >= 15 is 0 Å². The molecule has 1 amide bonds. The molecule has 0 aliphatic heterocycles. The molecule has 0 bridgehead atoms. The Hall–Kier alpha value is -1.10. The number of nitrogens with zero attached hydrogens (tertiary/aromatic N) is 1. The predicted octanol–water partition coefficient (Wildman–Crippen LogP) is 2.22. The maximum absolute atomic E-state index is 11.9. The van der Waals surface area contributed by atoms with Crippen molar-refractivity contribution >= 4 is 11.9 Å². The summed E-state index contributed by atoms with van der Waals surface area (Å²) < 4.78 is 5.24. The molecule has 1 atom stereocenters. The van der Waals surface area contributed by atoms with Gasteiger partial charge in [0.25, 0.3) is 0 Å². The van der Waals surface area contributed by atoms with Crippen molar-refractivity contribution in [1.29, 1.82) is 0 Å². The zero-order valence-corrected chi connectivity index (χ0v) is 12.9. The Labute approximate surface area is 115 Å². The first-order chi connectivity index (χ1) is 8.56. The molecular weight excluding hydrogens is 246 g/mol. The first kappa shape index (κ1) is 17.9. The second-order valence-electron chi connectivity index (χ2n) is 6.00. The average Bonchev–Trinajstić information content (AvgIpc) is 2.22. The van der Waals surface area contributed by atoms with Crippen molar-refractivity contribution < 1.29 is 19.4 Å². The minimum absolute atomic E-state index is 0.00672. The number of rotatable bonds is 6. The third-order valence-electron chi connectivity index (χ3n) is 2.55. The Morgan fingerprint density at radius 1 is 1.26 bits per heavy atom. The van der Waals surface area contributed by atoms with E-state index in [2.05, 4.69) is 0 Å². The van der Waals surface area contributed by atoms with E-state index in [0.717, 1.165) is 0 Å². The van der Waals surface area contributed by atoms with Crippen LogP contribution in [0.1, 0.15) is 48.0 Å². The van der Waals surface area contributed by atoms with Gasteiger partial charge in [-0.25, -0.2) is 4.79 Å². The van der Waals surface area contributed by atoms with Gasteiger partial charge in [0, 0.05) is 18.9 Å². The van der Waals surface area contributed by atoms with E-state index in [1.807, 2.05) is 0 Å². The van der Waals surface area contributed by atoms with Gasteiger partial charge < -0.3 is 14.7 Å². The minimum Gasteiger partial charge on any atom is -0.444 e. The second kappa shape index (κ2) is 7.48. The van der Waals surface area contributed by atoms with Crippen molar-refractivity contribution in [2.75, 3.05) is 13.1 Å². The highest BCUT2D eigenvalue weighted by Gasteiger charge is 2.24. The molecule has 0 aliphatic carbocycles. The van der Waals surface area contributed by atoms with Crippen molar-refractivity contribution in [2.45, 2.75) is 59.7 Å². The van der Waals surface area contributed by atoms with Crippen molar-refractivity contribution in [3.8, 4) is 0 Å². The van der Waals surface area contributed by atoms with E-state index in [4.69, 9.17) is 4.74 Å². The van der Waals surface area contributed by atoms with E-state index < -0.39 is 17.8 Å². The van der Waals surface area contributed by atoms with Gasteiger partial charge in [-0.1, -0.05) is 13.8 Å². The molecule has 0 aromatic heterocycles. The van der Waals surface area contributed by atoms with Crippen LogP contribution in [-0.2, 0) is 9.53 Å². The standard InChI is InChI=1S/C14H27NO4/c1-7-15(13(18)19-14(4,5)6)9-11(16)8-12(17)10(2)3/h10-11,16H,7-9H2,1-6H3. The number of carbonyl (C=O) groups excluding carboxylic acids is 2. The fraction of sp³-hybridized carbons (Fsp3) is 0.857. The summed E-state index contributed by atoms with van der Waals surface area (Å²) in [7, 11) is 0. The van der Waals surface area contributed by atoms with Crippen LogP contribution in [0, 0.1) is 5.92 Å². The highest BCUT2D eigenvalue weighted by molar-refractivity contribution is 5.80. The van der Waals surface area contributed by atoms with Gasteiger partial charge in [0.2, 0.25) is 0 Å². The summed E-state index contributed by atoms with van der Waals surface area (Å²) in [6.45, 7) is 11.3. The number of hydrogen-bond donors (Lipinski definition) is 1. The van der Waals surface area contributed by atoms with Gasteiger partial charge in [0.05, 0.1) is 12.6 Å². The quantitative estimate of drug-likeness (QED) is 0.805. The highest BCUT2D eigenvalue weighted by Crippen LogP contribution is 2.11. The van der Waals surface area contributed by atoms with Crippen LogP contribution >= 0.6 is 0 Å². The Morgan fingerprint density at radius 2 is 1.79 bits per heavy atom. The highest BCUT2D eigenvalue weighted by atomic mass is 16.6. The SMILES string of the molecule is CCN(CC(O)CC(=O)C(C)C)C(=O)OC(C)(C)C. The molecule has 112 valence electrons. The number of amides is 1. The number of aliphatic hydroxyl groups is 1. The summed E-state index contributed by atoms with van der Waals surface area (Å²) in [6, 6.07) is 0. The van der Waals surface area contributed by atoms with E-state index in [1.165, 1.54) is 4.90 Å². The monoisotopic (exact) mass is 273 g/mol. The predicted molar refractivity (Wildman–Crippen MR) is 73.9 cm³/mol. The number of likely N-dealkylation sites (N-methyl/N-ethyl adjacent to an activating group) is 1. The minimum atomic E-state index is -0.845. The molecule has 0 rings (SSSR count). The Kier molecular flexibility index (Phi) is 7.05. The molecule has 0 radical (unpaired) electrons. The lowest BCUT2D eigenvalue weighted by molar-refractivity contribution is -0.124. The summed E-state index contributed by atoms with van der Waals surface area (Å²) in [5.41, 5.74) is -0.566. The molecule has 1 unspecified atom stereocenters. The van der Waals surface area contributed by atoms with Crippen molar-refractivity contribution in [1.82, 2.24) is 4.90 Å². The molecule has 5 heteroatoms. The zero-order chi connectivity index (χ0) is 15.2. The van der Waals surface area contributed by atoms with Gasteiger partial charge in [-0.2, -0.15) is 0 Å². The van der Waals surface area contributed by atoms with E-state index in [-0.39, 0.29) is 24.7 Å². The van der Waals surface area contributed by atoms with Gasteiger partial charge in [0.1, 0.15) is 11.4 Å². The normalized spacial score (nSPS) is 13.3. The lowest BCUT2D eigenvalue weighted by Crippen LogP contribution is -2.41.